The van der Waals surface area contributed by atoms with Gasteiger partial charge in [-0.25, -0.2) is 14.8 Å². The number of carbonyl (C=O) groups is 1. The van der Waals surface area contributed by atoms with E-state index >= 15 is 0 Å². The number of nitrogens with zero attached hydrogens (tertiary/aromatic N) is 2. The lowest BCUT2D eigenvalue weighted by Gasteiger charge is -2.10. The van der Waals surface area contributed by atoms with Crippen molar-refractivity contribution in [2.75, 3.05) is 14.2 Å². The number of ether oxygens (including phenoxy) is 2. The number of aliphatic imine (C=N–C) groups is 2. The minimum atomic E-state index is -0.710. The van der Waals surface area contributed by atoms with Crippen LogP contribution in [0.5, 0.6) is 0 Å². The molecule has 0 unspecified atom stereocenters. The quantitative estimate of drug-likeness (QED) is 0.398. The van der Waals surface area contributed by atoms with Crippen LogP contribution in [0, 0.1) is 0 Å². The lowest BCUT2D eigenvalue weighted by molar-refractivity contribution is -0.354. The highest BCUT2D eigenvalue weighted by Crippen LogP contribution is 2.10. The zero-order chi connectivity index (χ0) is 9.84. The third-order valence-corrected chi connectivity index (χ3v) is 1.36. The Hall–Kier alpha value is -1.85. The average molecular weight is 183 g/mol. The summed E-state index contributed by atoms with van der Waals surface area (Å²) >= 11 is 0. The van der Waals surface area contributed by atoms with E-state index in [4.69, 9.17) is 0 Å². The van der Waals surface area contributed by atoms with E-state index in [0.29, 0.717) is 0 Å². The molecule has 0 fully saturated rings. The molecule has 0 aromatic carbocycles. The van der Waals surface area contributed by atoms with Gasteiger partial charge in [0.15, 0.2) is 5.71 Å². The van der Waals surface area contributed by atoms with E-state index in [1.165, 1.54) is 14.2 Å². The third-order valence-electron chi connectivity index (χ3n) is 1.36. The van der Waals surface area contributed by atoms with Crippen LogP contribution in [0.3, 0.4) is 0 Å². The summed E-state index contributed by atoms with van der Waals surface area (Å²) in [6.07, 6.45) is 1.10. The maximum absolute atomic E-state index is 11.0. The molecule has 0 N–H and O–H groups in total. The normalized spacial score (nSPS) is 18.2. The second-order valence-electron chi connectivity index (χ2n) is 2.05. The minimum Gasteiger partial charge on any atom is -0.615 e. The Morgan fingerprint density at radius 3 is 2.69 bits per heavy atom. The summed E-state index contributed by atoms with van der Waals surface area (Å²) in [5.74, 6) is -1.42. The Balaban J connectivity index is 2.97. The fourth-order valence-corrected chi connectivity index (χ4v) is 0.759. The Morgan fingerprint density at radius 1 is 1.46 bits per heavy atom. The van der Waals surface area contributed by atoms with Gasteiger partial charge in [-0.3, -0.25) is 0 Å². The lowest BCUT2D eigenvalue weighted by Crippen LogP contribution is -2.20. The lowest BCUT2D eigenvalue weighted by atomic mass is 10.3. The van der Waals surface area contributed by atoms with Crippen molar-refractivity contribution in [2.24, 2.45) is 9.98 Å². The van der Waals surface area contributed by atoms with Crippen molar-refractivity contribution < 1.29 is 19.4 Å². The van der Waals surface area contributed by atoms with Gasteiger partial charge in [0.05, 0.1) is 13.1 Å². The maximum atomic E-state index is 11.0. The molecule has 0 saturated carbocycles. The summed E-state index contributed by atoms with van der Waals surface area (Å²) in [6, 6.07) is 0. The zero-order valence-corrected chi connectivity index (χ0v) is 7.10. The van der Waals surface area contributed by atoms with Gasteiger partial charge in [0, 0.05) is 0 Å². The largest absolute Gasteiger partial charge is 0.615 e. The van der Waals surface area contributed by atoms with Crippen LogP contribution in [0.1, 0.15) is 0 Å². The summed E-state index contributed by atoms with van der Waals surface area (Å²) in [7, 11) is 2.39. The van der Waals surface area contributed by atoms with Gasteiger partial charge in [0.25, 0.3) is 0 Å². The Kier molecular flexibility index (Phi) is 2.63. The number of rotatable bonds is 2. The van der Waals surface area contributed by atoms with Gasteiger partial charge in [-0.15, -0.1) is 0 Å². The second kappa shape index (κ2) is 3.70. The fraction of sp³-hybridized carbons (Fsp3) is 0.286. The van der Waals surface area contributed by atoms with Crippen LogP contribution < -0.4 is 5.11 Å². The SMILES string of the molecule is COC(=O)C1=NC=NC1=C([O-])OC. The molecule has 0 aliphatic carbocycles. The molecule has 1 heterocycles. The van der Waals surface area contributed by atoms with Crippen molar-refractivity contribution in [2.45, 2.75) is 0 Å². The molecule has 13 heavy (non-hydrogen) atoms. The van der Waals surface area contributed by atoms with Crippen molar-refractivity contribution >= 4 is 18.0 Å². The van der Waals surface area contributed by atoms with Gasteiger partial charge in [-0.1, -0.05) is 0 Å². The molecular weight excluding hydrogens is 176 g/mol. The molecule has 1 aliphatic rings. The first-order valence-electron chi connectivity index (χ1n) is 3.35. The second-order valence-corrected chi connectivity index (χ2v) is 2.05. The topological polar surface area (TPSA) is 83.3 Å². The van der Waals surface area contributed by atoms with Crippen LogP contribution >= 0.6 is 0 Å². The van der Waals surface area contributed by atoms with Crippen molar-refractivity contribution in [1.82, 2.24) is 0 Å². The van der Waals surface area contributed by atoms with Gasteiger partial charge in [0.2, 0.25) is 0 Å². The number of esters is 1. The predicted octanol–water partition coefficient (Wildman–Crippen LogP) is -1.18. The van der Waals surface area contributed by atoms with Gasteiger partial charge in [-0.05, 0) is 7.11 Å². The fourth-order valence-electron chi connectivity index (χ4n) is 0.759. The molecule has 0 aromatic heterocycles. The van der Waals surface area contributed by atoms with Gasteiger partial charge in [-0.2, -0.15) is 0 Å². The van der Waals surface area contributed by atoms with Crippen molar-refractivity contribution in [1.29, 1.82) is 0 Å². The van der Waals surface area contributed by atoms with Gasteiger partial charge < -0.3 is 14.6 Å². The van der Waals surface area contributed by atoms with E-state index in [9.17, 15) is 9.90 Å². The summed E-state index contributed by atoms with van der Waals surface area (Å²) in [5.41, 5.74) is -0.260. The van der Waals surface area contributed by atoms with Crippen LogP contribution in [0.25, 0.3) is 0 Å². The van der Waals surface area contributed by atoms with Crippen molar-refractivity contribution in [3.63, 3.8) is 0 Å². The van der Waals surface area contributed by atoms with Crippen molar-refractivity contribution in [3.8, 4) is 0 Å². The first kappa shape index (κ1) is 9.24. The van der Waals surface area contributed by atoms with Crippen LogP contribution in [-0.2, 0) is 14.3 Å². The summed E-state index contributed by atoms with van der Waals surface area (Å²) in [5, 5.41) is 11.0. The molecule has 6 nitrogen and oxygen atoms in total. The van der Waals surface area contributed by atoms with E-state index < -0.39 is 11.9 Å². The number of carbonyl (C=O) groups excluding carboxylic acids is 1. The van der Waals surface area contributed by atoms with Gasteiger partial charge >= 0.3 is 5.97 Å². The highest BCUT2D eigenvalue weighted by Gasteiger charge is 2.20. The first-order chi connectivity index (χ1) is 6.20. The monoisotopic (exact) mass is 183 g/mol. The Morgan fingerprint density at radius 2 is 2.15 bits per heavy atom. The first-order valence-corrected chi connectivity index (χ1v) is 3.35. The zero-order valence-electron chi connectivity index (χ0n) is 7.10. The average Bonchev–Trinajstić information content (AvgIpc) is 2.63. The molecular formula is C7H7N2O4-. The van der Waals surface area contributed by atoms with Crippen LogP contribution in [-0.4, -0.2) is 32.2 Å². The summed E-state index contributed by atoms with van der Waals surface area (Å²) in [4.78, 5) is 18.1. The molecule has 0 radical (unpaired) electrons. The Labute approximate surface area is 74.2 Å². The van der Waals surface area contributed by atoms with E-state index in [-0.39, 0.29) is 11.4 Å². The minimum absolute atomic E-state index is 0.130. The third kappa shape index (κ3) is 1.66. The van der Waals surface area contributed by atoms with Crippen LogP contribution in [0.15, 0.2) is 21.6 Å². The van der Waals surface area contributed by atoms with E-state index in [1.54, 1.807) is 0 Å². The van der Waals surface area contributed by atoms with Crippen LogP contribution in [0.4, 0.5) is 0 Å². The molecule has 0 bridgehead atoms. The standard InChI is InChI=1S/C7H8N2O4/c1-12-6(10)4-5(7(11)13-2)9-3-8-4/h3,10H,1-2H3/p-1. The molecule has 6 heteroatoms. The molecule has 0 aromatic rings. The summed E-state index contributed by atoms with van der Waals surface area (Å²) in [6.45, 7) is 0. The number of methoxy groups -OCH3 is 2. The molecule has 1 rings (SSSR count). The molecule has 70 valence electrons. The predicted molar refractivity (Wildman–Crippen MR) is 42.0 cm³/mol. The maximum Gasteiger partial charge on any atom is 0.359 e. The molecule has 0 atom stereocenters. The summed E-state index contributed by atoms with van der Waals surface area (Å²) < 4.78 is 8.76. The highest BCUT2D eigenvalue weighted by molar-refractivity contribution is 6.45. The molecule has 0 spiro atoms. The van der Waals surface area contributed by atoms with E-state index in [1.807, 2.05) is 0 Å². The van der Waals surface area contributed by atoms with Gasteiger partial charge in [0.1, 0.15) is 12.0 Å². The van der Waals surface area contributed by atoms with E-state index in [2.05, 4.69) is 19.5 Å². The molecule has 1 aliphatic heterocycles. The Bertz CT molecular complexity index is 316. The highest BCUT2D eigenvalue weighted by atomic mass is 16.6. The van der Waals surface area contributed by atoms with E-state index in [0.717, 1.165) is 6.34 Å². The van der Waals surface area contributed by atoms with Crippen molar-refractivity contribution in [3.05, 3.63) is 11.6 Å². The number of hydrogen-bond acceptors (Lipinski definition) is 6. The van der Waals surface area contributed by atoms with Crippen LogP contribution in [0.2, 0.25) is 0 Å². The smallest absolute Gasteiger partial charge is 0.359 e. The number of hydrogen-bond donors (Lipinski definition) is 0. The molecule has 0 amide bonds. The molecule has 0 saturated heterocycles.